The van der Waals surface area contributed by atoms with Crippen LogP contribution in [0.4, 0.5) is 0 Å². The van der Waals surface area contributed by atoms with Crippen LogP contribution in [-0.2, 0) is 14.0 Å². The van der Waals surface area contributed by atoms with Gasteiger partial charge < -0.3 is 8.61 Å². The van der Waals surface area contributed by atoms with Gasteiger partial charge in [0.15, 0.2) is 0 Å². The molecule has 1 aromatic rings. The quantitative estimate of drug-likeness (QED) is 0.724. The van der Waals surface area contributed by atoms with E-state index < -0.39 is 18.4 Å². The second-order valence-corrected chi connectivity index (χ2v) is 11.0. The maximum atomic E-state index is 12.3. The van der Waals surface area contributed by atoms with E-state index in [0.29, 0.717) is 5.75 Å². The van der Waals surface area contributed by atoms with Gasteiger partial charge in [-0.15, -0.1) is 0 Å². The highest BCUT2D eigenvalue weighted by Gasteiger charge is 2.35. The van der Waals surface area contributed by atoms with Crippen molar-refractivity contribution < 1.29 is 17.0 Å². The minimum atomic E-state index is -3.67. The monoisotopic (exact) mass is 302 g/mol. The highest BCUT2D eigenvalue weighted by molar-refractivity contribution is 7.87. The number of methoxy groups -OCH3 is 1. The van der Waals surface area contributed by atoms with Crippen LogP contribution in [0.1, 0.15) is 20.8 Å². The Morgan fingerprint density at radius 1 is 1.00 bits per heavy atom. The molecule has 19 heavy (non-hydrogen) atoms. The smallest absolute Gasteiger partial charge is 0.287 e. The molecule has 1 aromatic carbocycles. The van der Waals surface area contributed by atoms with Gasteiger partial charge in [0.1, 0.15) is 5.75 Å². The van der Waals surface area contributed by atoms with Crippen molar-refractivity contribution in [3.8, 4) is 5.75 Å². The van der Waals surface area contributed by atoms with Crippen LogP contribution in [0.3, 0.4) is 0 Å². The molecule has 0 spiro atoms. The molecule has 6 heteroatoms. The zero-order valence-electron chi connectivity index (χ0n) is 12.0. The Balaban J connectivity index is 3.03. The molecule has 0 fully saturated rings. The highest BCUT2D eigenvalue weighted by atomic mass is 32.2. The largest absolute Gasteiger partial charge is 0.497 e. The van der Waals surface area contributed by atoms with E-state index in [4.69, 9.17) is 8.61 Å². The molecule has 0 aliphatic carbocycles. The lowest BCUT2D eigenvalue weighted by Crippen LogP contribution is -2.38. The van der Waals surface area contributed by atoms with Crippen LogP contribution in [0, 0.1) is 0 Å². The van der Waals surface area contributed by atoms with Crippen LogP contribution in [0.2, 0.25) is 18.1 Å². The van der Waals surface area contributed by atoms with E-state index >= 15 is 0 Å². The zero-order valence-corrected chi connectivity index (χ0v) is 13.8. The minimum absolute atomic E-state index is 0.195. The van der Waals surface area contributed by atoms with Gasteiger partial charge in [-0.3, -0.25) is 0 Å². The van der Waals surface area contributed by atoms with Gasteiger partial charge in [-0.05, 0) is 42.4 Å². The molecule has 4 nitrogen and oxygen atoms in total. The summed E-state index contributed by atoms with van der Waals surface area (Å²) in [5, 5.41) is 0. The van der Waals surface area contributed by atoms with Crippen LogP contribution < -0.4 is 4.74 Å². The summed E-state index contributed by atoms with van der Waals surface area (Å²) in [4.78, 5) is 0.195. The Morgan fingerprint density at radius 2 is 1.47 bits per heavy atom. The van der Waals surface area contributed by atoms with E-state index in [-0.39, 0.29) is 4.90 Å². The Hall–Kier alpha value is -0.853. The van der Waals surface area contributed by atoms with Crippen molar-refractivity contribution in [1.82, 2.24) is 0 Å². The van der Waals surface area contributed by atoms with Crippen LogP contribution in [0.5, 0.6) is 5.75 Å². The summed E-state index contributed by atoms with van der Waals surface area (Å²) >= 11 is 0. The molecule has 0 aliphatic heterocycles. The molecular formula is C13H22O4SSi. The Morgan fingerprint density at radius 3 is 1.84 bits per heavy atom. The Kier molecular flexibility index (Phi) is 5.58. The fourth-order valence-corrected chi connectivity index (χ4v) is 7.58. The van der Waals surface area contributed by atoms with Gasteiger partial charge >= 0.3 is 0 Å². The molecule has 108 valence electrons. The molecule has 0 saturated carbocycles. The topological polar surface area (TPSA) is 52.6 Å². The van der Waals surface area contributed by atoms with Gasteiger partial charge in [0.25, 0.3) is 10.1 Å². The van der Waals surface area contributed by atoms with E-state index in [1.807, 2.05) is 20.8 Å². The van der Waals surface area contributed by atoms with Gasteiger partial charge in [0.2, 0.25) is 8.32 Å². The first-order chi connectivity index (χ1) is 8.93. The number of hydrogen-bond acceptors (Lipinski definition) is 4. The van der Waals surface area contributed by atoms with Gasteiger partial charge in [-0.1, -0.05) is 20.8 Å². The van der Waals surface area contributed by atoms with Crippen molar-refractivity contribution in [3.05, 3.63) is 24.3 Å². The summed E-state index contributed by atoms with van der Waals surface area (Å²) in [5.74, 6) is 0.629. The summed E-state index contributed by atoms with van der Waals surface area (Å²) in [5.41, 5.74) is 0. The molecule has 0 atom stereocenters. The van der Waals surface area contributed by atoms with Gasteiger partial charge in [0, 0.05) is 0 Å². The van der Waals surface area contributed by atoms with Crippen LogP contribution in [0.25, 0.3) is 0 Å². The lowest BCUT2D eigenvalue weighted by atomic mass is 10.3. The second-order valence-electron chi connectivity index (χ2n) is 4.46. The maximum absolute atomic E-state index is 12.3. The summed E-state index contributed by atoms with van der Waals surface area (Å²) in [6, 6.07) is 8.70. The van der Waals surface area contributed by atoms with Crippen molar-refractivity contribution in [3.63, 3.8) is 0 Å². The Labute approximate surface area is 117 Å². The second kappa shape index (κ2) is 6.54. The van der Waals surface area contributed by atoms with Gasteiger partial charge in [-0.2, -0.15) is 8.42 Å². The molecular weight excluding hydrogens is 280 g/mol. The fraction of sp³-hybridized carbons (Fsp3) is 0.538. The highest BCUT2D eigenvalue weighted by Crippen LogP contribution is 2.27. The standard InChI is InChI=1S/C13H22O4SSi/c1-5-19(6-2,7-3)17-18(14,15)13-10-8-12(16-4)9-11-13/h8-11H,5-7H2,1-4H3. The number of benzene rings is 1. The predicted molar refractivity (Wildman–Crippen MR) is 78.5 cm³/mol. The zero-order chi connectivity index (χ0) is 14.5. The molecule has 1 rings (SSSR count). The molecule has 0 amide bonds. The third-order valence-corrected chi connectivity index (χ3v) is 10.6. The molecule has 0 radical (unpaired) electrons. The summed E-state index contributed by atoms with van der Waals surface area (Å²) < 4.78 is 35.2. The average molecular weight is 302 g/mol. The van der Waals surface area contributed by atoms with Crippen LogP contribution in [-0.4, -0.2) is 23.8 Å². The summed E-state index contributed by atoms with van der Waals surface area (Å²) in [6.45, 7) is 6.01. The molecule has 0 aliphatic rings. The maximum Gasteiger partial charge on any atom is 0.287 e. The summed E-state index contributed by atoms with van der Waals surface area (Å²) in [7, 11) is -4.30. The van der Waals surface area contributed by atoms with E-state index in [2.05, 4.69) is 0 Å². The van der Waals surface area contributed by atoms with Crippen molar-refractivity contribution in [1.29, 1.82) is 0 Å². The molecule has 0 bridgehead atoms. The first-order valence-corrected chi connectivity index (χ1v) is 10.5. The first kappa shape index (κ1) is 16.2. The lowest BCUT2D eigenvalue weighted by molar-refractivity contribution is 0.414. The van der Waals surface area contributed by atoms with Crippen LogP contribution in [0.15, 0.2) is 29.2 Å². The lowest BCUT2D eigenvalue weighted by Gasteiger charge is -2.26. The van der Waals surface area contributed by atoms with Crippen molar-refractivity contribution in [2.24, 2.45) is 0 Å². The number of ether oxygens (including phenoxy) is 1. The predicted octanol–water partition coefficient (Wildman–Crippen LogP) is 3.41. The fourth-order valence-electron chi connectivity index (χ4n) is 1.95. The molecule has 0 N–H and O–H groups in total. The molecule has 0 heterocycles. The SMILES string of the molecule is CC[Si](CC)(CC)OS(=O)(=O)c1ccc(OC)cc1. The van der Waals surface area contributed by atoms with E-state index in [9.17, 15) is 8.42 Å². The third-order valence-electron chi connectivity index (χ3n) is 3.57. The van der Waals surface area contributed by atoms with Crippen LogP contribution >= 0.6 is 0 Å². The average Bonchev–Trinajstić information content (AvgIpc) is 2.45. The normalized spacial score (nSPS) is 12.4. The molecule has 0 aromatic heterocycles. The van der Waals surface area contributed by atoms with E-state index in [0.717, 1.165) is 18.1 Å². The first-order valence-electron chi connectivity index (χ1n) is 6.52. The van der Waals surface area contributed by atoms with Crippen molar-refractivity contribution in [2.45, 2.75) is 43.8 Å². The third kappa shape index (κ3) is 3.81. The summed E-state index contributed by atoms with van der Waals surface area (Å²) in [6.07, 6.45) is 0. The van der Waals surface area contributed by atoms with E-state index in [1.165, 1.54) is 12.1 Å². The number of rotatable bonds is 7. The molecule has 0 saturated heterocycles. The van der Waals surface area contributed by atoms with Gasteiger partial charge in [0.05, 0.1) is 12.0 Å². The number of hydrogen-bond donors (Lipinski definition) is 0. The van der Waals surface area contributed by atoms with Gasteiger partial charge in [-0.25, -0.2) is 0 Å². The Bertz CT molecular complexity index is 484. The molecule has 0 unspecified atom stereocenters. The van der Waals surface area contributed by atoms with Crippen molar-refractivity contribution in [2.75, 3.05) is 7.11 Å². The van der Waals surface area contributed by atoms with Crippen molar-refractivity contribution >= 4 is 18.4 Å². The van der Waals surface area contributed by atoms with E-state index in [1.54, 1.807) is 19.2 Å². The minimum Gasteiger partial charge on any atom is -0.497 e.